The Morgan fingerprint density at radius 3 is 2.33 bits per heavy atom. The zero-order valence-electron chi connectivity index (χ0n) is 18.1. The minimum absolute atomic E-state index is 0.0181. The number of Topliss-reactive ketones (excluding diaryl/α,β-unsaturated/α-hetero) is 1. The first-order chi connectivity index (χ1) is 14.5. The molecule has 4 nitrogen and oxygen atoms in total. The van der Waals surface area contributed by atoms with Gasteiger partial charge in [-0.1, -0.05) is 55.0 Å². The van der Waals surface area contributed by atoms with Gasteiger partial charge >= 0.3 is 0 Å². The summed E-state index contributed by atoms with van der Waals surface area (Å²) in [5.74, 6) is 0.724. The van der Waals surface area contributed by atoms with Gasteiger partial charge in [0.15, 0.2) is 0 Å². The molecule has 2 aromatic carbocycles. The summed E-state index contributed by atoms with van der Waals surface area (Å²) in [4.78, 5) is 27.3. The number of fused-ring (bicyclic) bond motifs is 2. The molecule has 0 aromatic heterocycles. The molecule has 1 N–H and O–H groups in total. The molecule has 2 fully saturated rings. The Hall–Kier alpha value is -2.46. The van der Waals surface area contributed by atoms with Gasteiger partial charge in [0.05, 0.1) is 0 Å². The normalized spacial score (nSPS) is 23.4. The number of carbonyl (C=O) groups excluding carboxylic acids is 2. The predicted molar refractivity (Wildman–Crippen MR) is 120 cm³/mol. The average Bonchev–Trinajstić information content (AvgIpc) is 2.72. The number of rotatable bonds is 6. The average molecular weight is 405 g/mol. The molecule has 30 heavy (non-hydrogen) atoms. The van der Waals surface area contributed by atoms with Gasteiger partial charge in [0.1, 0.15) is 5.78 Å². The summed E-state index contributed by atoms with van der Waals surface area (Å²) in [5, 5.41) is 3.16. The van der Waals surface area contributed by atoms with E-state index < -0.39 is 0 Å². The van der Waals surface area contributed by atoms with Gasteiger partial charge in [0.25, 0.3) is 0 Å². The van der Waals surface area contributed by atoms with E-state index in [-0.39, 0.29) is 23.7 Å². The predicted octanol–water partition coefficient (Wildman–Crippen LogP) is 4.43. The van der Waals surface area contributed by atoms with Crippen molar-refractivity contribution in [2.75, 3.05) is 14.1 Å². The van der Waals surface area contributed by atoms with Gasteiger partial charge < -0.3 is 10.2 Å². The quantitative estimate of drug-likeness (QED) is 0.775. The Labute approximate surface area is 179 Å². The number of hydrogen-bond acceptors (Lipinski definition) is 3. The highest BCUT2D eigenvalue weighted by atomic mass is 16.2. The third-order valence-corrected chi connectivity index (χ3v) is 6.65. The number of nitrogens with zero attached hydrogens (tertiary/aromatic N) is 1. The van der Waals surface area contributed by atoms with Crippen LogP contribution in [-0.2, 0) is 22.7 Å². The van der Waals surface area contributed by atoms with Gasteiger partial charge in [0, 0.05) is 30.8 Å². The van der Waals surface area contributed by atoms with Gasteiger partial charge in [0.2, 0.25) is 5.91 Å². The fraction of sp³-hybridized carbons (Fsp3) is 0.462. The standard InChI is InChI=1S/C26H32N2O2/c1-28(2)17-18-10-12-19(13-11-18)24-9-4-3-6-22(24)16-27-26(30)23-14-20-7-5-8-21(15-23)25(20)29/h3-4,6,9-13,20-21,23H,5,7-8,14-17H2,1-2H3,(H,27,30). The molecule has 1 amide bonds. The molecular formula is C26H32N2O2. The maximum Gasteiger partial charge on any atom is 0.223 e. The van der Waals surface area contributed by atoms with Crippen LogP contribution in [0.3, 0.4) is 0 Å². The maximum absolute atomic E-state index is 12.9. The topological polar surface area (TPSA) is 49.4 Å². The number of nitrogens with one attached hydrogen (secondary N) is 1. The third-order valence-electron chi connectivity index (χ3n) is 6.65. The molecule has 0 spiro atoms. The summed E-state index contributed by atoms with van der Waals surface area (Å²) in [7, 11) is 4.14. The minimum Gasteiger partial charge on any atom is -0.352 e. The van der Waals surface area contributed by atoms with Gasteiger partial charge in [-0.05, 0) is 62.0 Å². The minimum atomic E-state index is -0.0181. The van der Waals surface area contributed by atoms with Crippen LogP contribution in [0.4, 0.5) is 0 Å². The molecule has 2 aliphatic carbocycles. The van der Waals surface area contributed by atoms with Crippen LogP contribution in [-0.4, -0.2) is 30.7 Å². The number of benzene rings is 2. The lowest BCUT2D eigenvalue weighted by atomic mass is 9.67. The van der Waals surface area contributed by atoms with Crippen LogP contribution >= 0.6 is 0 Å². The summed E-state index contributed by atoms with van der Waals surface area (Å²) in [5.41, 5.74) is 4.73. The van der Waals surface area contributed by atoms with Crippen molar-refractivity contribution < 1.29 is 9.59 Å². The molecule has 2 unspecified atom stereocenters. The number of amides is 1. The molecule has 2 aromatic rings. The van der Waals surface area contributed by atoms with Crippen LogP contribution in [0.15, 0.2) is 48.5 Å². The SMILES string of the molecule is CN(C)Cc1ccc(-c2ccccc2CNC(=O)C2CC3CCCC(C2)C3=O)cc1. The maximum atomic E-state index is 12.9. The van der Waals surface area contributed by atoms with Crippen LogP contribution in [0.25, 0.3) is 11.1 Å². The lowest BCUT2D eigenvalue weighted by Gasteiger charge is -2.37. The van der Waals surface area contributed by atoms with E-state index in [1.165, 1.54) is 11.1 Å². The number of hydrogen-bond donors (Lipinski definition) is 1. The molecule has 158 valence electrons. The molecule has 0 radical (unpaired) electrons. The van der Waals surface area contributed by atoms with E-state index in [1.54, 1.807) is 0 Å². The van der Waals surface area contributed by atoms with Crippen molar-refractivity contribution in [2.24, 2.45) is 17.8 Å². The molecule has 2 atom stereocenters. The van der Waals surface area contributed by atoms with E-state index in [4.69, 9.17) is 0 Å². The molecule has 4 heteroatoms. The first-order valence-corrected chi connectivity index (χ1v) is 11.1. The van der Waals surface area contributed by atoms with Crippen molar-refractivity contribution in [3.63, 3.8) is 0 Å². The first kappa shape index (κ1) is 20.8. The summed E-state index contributed by atoms with van der Waals surface area (Å²) in [6, 6.07) is 16.9. The molecule has 2 aliphatic rings. The largest absolute Gasteiger partial charge is 0.352 e. The highest BCUT2D eigenvalue weighted by molar-refractivity contribution is 5.88. The lowest BCUT2D eigenvalue weighted by Crippen LogP contribution is -2.42. The van der Waals surface area contributed by atoms with Crippen molar-refractivity contribution in [3.8, 4) is 11.1 Å². The summed E-state index contributed by atoms with van der Waals surface area (Å²) < 4.78 is 0. The Morgan fingerprint density at radius 1 is 1.00 bits per heavy atom. The molecule has 0 heterocycles. The fourth-order valence-electron chi connectivity index (χ4n) is 5.13. The zero-order chi connectivity index (χ0) is 21.1. The fourth-order valence-corrected chi connectivity index (χ4v) is 5.13. The second kappa shape index (κ2) is 9.13. The summed E-state index contributed by atoms with van der Waals surface area (Å²) >= 11 is 0. The Balaban J connectivity index is 1.42. The first-order valence-electron chi connectivity index (χ1n) is 11.1. The van der Waals surface area contributed by atoms with E-state index in [2.05, 4.69) is 60.7 Å². The highest BCUT2D eigenvalue weighted by Crippen LogP contribution is 2.40. The molecule has 2 saturated carbocycles. The van der Waals surface area contributed by atoms with Crippen molar-refractivity contribution in [1.29, 1.82) is 0 Å². The Kier molecular flexibility index (Phi) is 6.33. The highest BCUT2D eigenvalue weighted by Gasteiger charge is 2.41. The van der Waals surface area contributed by atoms with Crippen LogP contribution in [0.2, 0.25) is 0 Å². The molecule has 0 aliphatic heterocycles. The van der Waals surface area contributed by atoms with Gasteiger partial charge in [-0.3, -0.25) is 9.59 Å². The monoisotopic (exact) mass is 404 g/mol. The Bertz CT molecular complexity index is 888. The zero-order valence-corrected chi connectivity index (χ0v) is 18.1. The van der Waals surface area contributed by atoms with E-state index >= 15 is 0 Å². The second-order valence-corrected chi connectivity index (χ2v) is 9.21. The van der Waals surface area contributed by atoms with E-state index in [0.29, 0.717) is 12.3 Å². The van der Waals surface area contributed by atoms with Crippen LogP contribution < -0.4 is 5.32 Å². The number of ketones is 1. The van der Waals surface area contributed by atoms with Crippen LogP contribution in [0, 0.1) is 17.8 Å². The third kappa shape index (κ3) is 4.65. The smallest absolute Gasteiger partial charge is 0.223 e. The van der Waals surface area contributed by atoms with E-state index in [1.807, 2.05) is 12.1 Å². The van der Waals surface area contributed by atoms with Crippen molar-refractivity contribution in [3.05, 3.63) is 59.7 Å². The van der Waals surface area contributed by atoms with Gasteiger partial charge in [-0.2, -0.15) is 0 Å². The lowest BCUT2D eigenvalue weighted by molar-refractivity contribution is -0.137. The second-order valence-electron chi connectivity index (χ2n) is 9.21. The summed E-state index contributed by atoms with van der Waals surface area (Å²) in [6.45, 7) is 1.44. The van der Waals surface area contributed by atoms with Crippen molar-refractivity contribution >= 4 is 11.7 Å². The van der Waals surface area contributed by atoms with E-state index in [9.17, 15) is 9.59 Å². The van der Waals surface area contributed by atoms with E-state index in [0.717, 1.165) is 49.8 Å². The molecular weight excluding hydrogens is 372 g/mol. The Morgan fingerprint density at radius 2 is 1.67 bits per heavy atom. The van der Waals surface area contributed by atoms with Gasteiger partial charge in [-0.25, -0.2) is 0 Å². The molecule has 0 saturated heterocycles. The van der Waals surface area contributed by atoms with Crippen LogP contribution in [0.5, 0.6) is 0 Å². The van der Waals surface area contributed by atoms with Gasteiger partial charge in [-0.15, -0.1) is 0 Å². The number of carbonyl (C=O) groups is 2. The molecule has 2 bridgehead atoms. The summed E-state index contributed by atoms with van der Waals surface area (Å²) in [6.07, 6.45) is 4.53. The van der Waals surface area contributed by atoms with Crippen molar-refractivity contribution in [1.82, 2.24) is 10.2 Å². The van der Waals surface area contributed by atoms with Crippen molar-refractivity contribution in [2.45, 2.75) is 45.2 Å². The van der Waals surface area contributed by atoms with Crippen LogP contribution in [0.1, 0.15) is 43.2 Å². The molecule has 4 rings (SSSR count).